The lowest BCUT2D eigenvalue weighted by Gasteiger charge is -2.10. The predicted octanol–water partition coefficient (Wildman–Crippen LogP) is 5.70. The molecule has 31 heavy (non-hydrogen) atoms. The summed E-state index contributed by atoms with van der Waals surface area (Å²) < 4.78 is 17.4. The van der Waals surface area contributed by atoms with Gasteiger partial charge in [0.15, 0.2) is 0 Å². The fourth-order valence-electron chi connectivity index (χ4n) is 3.06. The monoisotopic (exact) mass is 478 g/mol. The van der Waals surface area contributed by atoms with Crippen LogP contribution in [0.5, 0.6) is 11.5 Å². The molecule has 1 amide bonds. The second kappa shape index (κ2) is 9.06. The number of carbonyl (C=O) groups excluding carboxylic acids is 1. The van der Waals surface area contributed by atoms with Crippen molar-refractivity contribution in [2.75, 3.05) is 19.5 Å². The van der Waals surface area contributed by atoms with Crippen molar-refractivity contribution in [3.63, 3.8) is 0 Å². The molecule has 0 spiro atoms. The molecule has 0 fully saturated rings. The minimum absolute atomic E-state index is 0.201. The Bertz CT molecular complexity index is 1310. The third kappa shape index (κ3) is 4.62. The lowest BCUT2D eigenvalue weighted by molar-refractivity contribution is 0.102. The molecule has 0 aliphatic rings. The van der Waals surface area contributed by atoms with E-state index in [4.69, 9.17) is 13.9 Å². The zero-order valence-electron chi connectivity index (χ0n) is 16.9. The van der Waals surface area contributed by atoms with Gasteiger partial charge in [-0.3, -0.25) is 4.79 Å². The molecule has 156 valence electrons. The highest BCUT2D eigenvalue weighted by Gasteiger charge is 2.15. The molecule has 0 atom stereocenters. The Morgan fingerprint density at radius 1 is 0.968 bits per heavy atom. The van der Waals surface area contributed by atoms with Gasteiger partial charge in [0.25, 0.3) is 5.91 Å². The summed E-state index contributed by atoms with van der Waals surface area (Å²) in [7, 11) is 3.15. The van der Waals surface area contributed by atoms with Crippen molar-refractivity contribution >= 4 is 44.2 Å². The van der Waals surface area contributed by atoms with Crippen LogP contribution in [0.4, 0.5) is 11.4 Å². The Labute approximate surface area is 187 Å². The van der Waals surface area contributed by atoms with Crippen LogP contribution in [0.1, 0.15) is 10.4 Å². The number of amides is 1. The SMILES string of the molecule is COc1ccc(N=c2oc3ccc(Br)cc3cc2C(=O)Nc2ccccc2OC)cc1. The first kappa shape index (κ1) is 20.7. The average Bonchev–Trinajstić information content (AvgIpc) is 2.79. The number of benzene rings is 3. The molecule has 1 N–H and O–H groups in total. The van der Waals surface area contributed by atoms with Gasteiger partial charge in [-0.15, -0.1) is 0 Å². The van der Waals surface area contributed by atoms with Crippen LogP contribution in [-0.4, -0.2) is 20.1 Å². The lowest BCUT2D eigenvalue weighted by atomic mass is 10.1. The first-order valence-corrected chi connectivity index (χ1v) is 10.2. The number of nitrogens with one attached hydrogen (secondary N) is 1. The number of carbonyl (C=O) groups is 1. The van der Waals surface area contributed by atoms with Crippen LogP contribution in [0.15, 0.2) is 86.7 Å². The Hall–Kier alpha value is -3.58. The van der Waals surface area contributed by atoms with Crippen molar-refractivity contribution in [2.45, 2.75) is 0 Å². The van der Waals surface area contributed by atoms with Crippen molar-refractivity contribution in [1.82, 2.24) is 0 Å². The van der Waals surface area contributed by atoms with E-state index in [1.807, 2.05) is 30.3 Å². The Kier molecular flexibility index (Phi) is 6.04. The second-order valence-electron chi connectivity index (χ2n) is 6.61. The molecule has 4 rings (SSSR count). The van der Waals surface area contributed by atoms with Crippen LogP contribution in [0.2, 0.25) is 0 Å². The minimum Gasteiger partial charge on any atom is -0.497 e. The molecule has 0 unspecified atom stereocenters. The molecule has 1 aromatic heterocycles. The predicted molar refractivity (Wildman–Crippen MR) is 123 cm³/mol. The van der Waals surface area contributed by atoms with Gasteiger partial charge in [-0.1, -0.05) is 28.1 Å². The molecule has 0 aliphatic carbocycles. The number of halogens is 1. The number of hydrogen-bond acceptors (Lipinski definition) is 5. The topological polar surface area (TPSA) is 73.1 Å². The van der Waals surface area contributed by atoms with Crippen LogP contribution in [0.25, 0.3) is 11.0 Å². The molecule has 6 nitrogen and oxygen atoms in total. The smallest absolute Gasteiger partial charge is 0.261 e. The van der Waals surface area contributed by atoms with E-state index in [0.717, 1.165) is 9.86 Å². The highest BCUT2D eigenvalue weighted by Crippen LogP contribution is 2.25. The molecule has 0 radical (unpaired) electrons. The van der Waals surface area contributed by atoms with Gasteiger partial charge in [-0.2, -0.15) is 0 Å². The van der Waals surface area contributed by atoms with Crippen LogP contribution in [0.3, 0.4) is 0 Å². The van der Waals surface area contributed by atoms with Gasteiger partial charge in [0, 0.05) is 9.86 Å². The van der Waals surface area contributed by atoms with Gasteiger partial charge in [-0.25, -0.2) is 4.99 Å². The van der Waals surface area contributed by atoms with Crippen LogP contribution in [0, 0.1) is 0 Å². The van der Waals surface area contributed by atoms with E-state index in [9.17, 15) is 4.79 Å². The quantitative estimate of drug-likeness (QED) is 0.399. The van der Waals surface area contributed by atoms with Gasteiger partial charge < -0.3 is 19.2 Å². The molecular formula is C24H19BrN2O4. The average molecular weight is 479 g/mol. The third-order valence-corrected chi connectivity index (χ3v) is 5.10. The highest BCUT2D eigenvalue weighted by molar-refractivity contribution is 9.10. The standard InChI is InChI=1S/C24H19BrN2O4/c1-29-18-10-8-17(9-11-18)26-24-19(14-15-13-16(25)7-12-21(15)31-24)23(28)27-20-5-3-4-6-22(20)30-2/h3-14H,1-2H3,(H,27,28). The number of fused-ring (bicyclic) bond motifs is 1. The first-order valence-electron chi connectivity index (χ1n) is 9.44. The summed E-state index contributed by atoms with van der Waals surface area (Å²) in [4.78, 5) is 17.8. The fraction of sp³-hybridized carbons (Fsp3) is 0.0833. The highest BCUT2D eigenvalue weighted by atomic mass is 79.9. The second-order valence-corrected chi connectivity index (χ2v) is 7.53. The van der Waals surface area contributed by atoms with E-state index in [2.05, 4.69) is 26.2 Å². The molecule has 1 heterocycles. The van der Waals surface area contributed by atoms with Crippen molar-refractivity contribution in [3.05, 3.63) is 88.4 Å². The normalized spacial score (nSPS) is 11.4. The van der Waals surface area contributed by atoms with Gasteiger partial charge in [0.2, 0.25) is 5.55 Å². The van der Waals surface area contributed by atoms with Crippen molar-refractivity contribution < 1.29 is 18.7 Å². The van der Waals surface area contributed by atoms with E-state index >= 15 is 0 Å². The number of methoxy groups -OCH3 is 2. The number of nitrogens with zero attached hydrogens (tertiary/aromatic N) is 1. The number of anilines is 1. The summed E-state index contributed by atoms with van der Waals surface area (Å²) in [5, 5.41) is 3.66. The molecule has 7 heteroatoms. The number of ether oxygens (including phenoxy) is 2. The zero-order chi connectivity index (χ0) is 21.8. The number of hydrogen-bond donors (Lipinski definition) is 1. The van der Waals surface area contributed by atoms with E-state index in [1.165, 1.54) is 0 Å². The summed E-state index contributed by atoms with van der Waals surface area (Å²) in [6, 6.07) is 21.7. The van der Waals surface area contributed by atoms with E-state index in [1.54, 1.807) is 56.7 Å². The largest absolute Gasteiger partial charge is 0.497 e. The molecule has 0 saturated carbocycles. The maximum atomic E-state index is 13.2. The maximum absolute atomic E-state index is 13.2. The summed E-state index contributed by atoms with van der Waals surface area (Å²) in [6.45, 7) is 0. The summed E-state index contributed by atoms with van der Waals surface area (Å²) in [6.07, 6.45) is 0. The zero-order valence-corrected chi connectivity index (χ0v) is 18.5. The van der Waals surface area contributed by atoms with Gasteiger partial charge in [-0.05, 0) is 60.7 Å². The third-order valence-electron chi connectivity index (χ3n) is 4.61. The Balaban J connectivity index is 1.83. The summed E-state index contributed by atoms with van der Waals surface area (Å²) in [5.41, 5.74) is 2.30. The molecule has 0 bridgehead atoms. The van der Waals surface area contributed by atoms with Crippen molar-refractivity contribution in [3.8, 4) is 11.5 Å². The van der Waals surface area contributed by atoms with E-state index < -0.39 is 0 Å². The van der Waals surface area contributed by atoms with Crippen LogP contribution in [-0.2, 0) is 0 Å². The van der Waals surface area contributed by atoms with E-state index in [0.29, 0.717) is 34.0 Å². The summed E-state index contributed by atoms with van der Waals surface area (Å²) >= 11 is 3.46. The van der Waals surface area contributed by atoms with Gasteiger partial charge in [0.05, 0.1) is 25.6 Å². The van der Waals surface area contributed by atoms with Crippen LogP contribution >= 0.6 is 15.9 Å². The first-order chi connectivity index (χ1) is 15.1. The number of rotatable bonds is 5. The fourth-order valence-corrected chi connectivity index (χ4v) is 3.44. The summed E-state index contributed by atoms with van der Waals surface area (Å²) in [5.74, 6) is 0.917. The van der Waals surface area contributed by atoms with Gasteiger partial charge >= 0.3 is 0 Å². The Morgan fingerprint density at radius 3 is 2.48 bits per heavy atom. The Morgan fingerprint density at radius 2 is 1.74 bits per heavy atom. The number of para-hydroxylation sites is 2. The molecule has 3 aromatic carbocycles. The lowest BCUT2D eigenvalue weighted by Crippen LogP contribution is -2.21. The molecule has 0 saturated heterocycles. The van der Waals surface area contributed by atoms with Gasteiger partial charge in [0.1, 0.15) is 22.6 Å². The van der Waals surface area contributed by atoms with E-state index in [-0.39, 0.29) is 11.5 Å². The van der Waals surface area contributed by atoms with Crippen molar-refractivity contribution in [2.24, 2.45) is 4.99 Å². The van der Waals surface area contributed by atoms with Crippen molar-refractivity contribution in [1.29, 1.82) is 0 Å². The minimum atomic E-state index is -0.359. The molecule has 0 aliphatic heterocycles. The molecular weight excluding hydrogens is 460 g/mol. The molecule has 4 aromatic rings. The van der Waals surface area contributed by atoms with Crippen LogP contribution < -0.4 is 20.3 Å². The maximum Gasteiger partial charge on any atom is 0.261 e.